The van der Waals surface area contributed by atoms with Crippen molar-refractivity contribution in [1.82, 2.24) is 19.7 Å². The lowest BCUT2D eigenvalue weighted by atomic mass is 9.94. The Morgan fingerprint density at radius 2 is 2.00 bits per heavy atom. The highest BCUT2D eigenvalue weighted by atomic mass is 127. The molecule has 0 radical (unpaired) electrons. The molecule has 0 bridgehead atoms. The minimum absolute atomic E-state index is 0. The van der Waals surface area contributed by atoms with Crippen LogP contribution < -0.4 is 5.73 Å². The highest BCUT2D eigenvalue weighted by molar-refractivity contribution is 14.1. The van der Waals surface area contributed by atoms with Crippen LogP contribution in [0.3, 0.4) is 0 Å². The number of carbonyl (C=O) groups excluding carboxylic acids is 1. The van der Waals surface area contributed by atoms with Gasteiger partial charge in [0.25, 0.3) is 0 Å². The Hall–Kier alpha value is -0.960. The fraction of sp³-hybridized carbons (Fsp3) is 0.455. The summed E-state index contributed by atoms with van der Waals surface area (Å²) in [6.07, 6.45) is 4.37. The van der Waals surface area contributed by atoms with E-state index in [1.807, 2.05) is 4.68 Å². The van der Waals surface area contributed by atoms with Gasteiger partial charge >= 0.3 is 0 Å². The third-order valence-electron chi connectivity index (χ3n) is 3.33. The number of Topliss-reactive ketones (excluding diaryl/α,β-unsaturated/α-hetero) is 1. The number of anilines is 1. The second-order valence-electron chi connectivity index (χ2n) is 4.46. The van der Waals surface area contributed by atoms with E-state index in [2.05, 4.69) is 37.7 Å². The Morgan fingerprint density at radius 3 is 2.68 bits per heavy atom. The zero-order chi connectivity index (χ0) is 12.7. The first-order valence-electron chi connectivity index (χ1n) is 5.82. The summed E-state index contributed by atoms with van der Waals surface area (Å²) in [6, 6.07) is 0.239. The molecule has 1 aliphatic carbocycles. The molecule has 8 heteroatoms. The van der Waals surface area contributed by atoms with Gasteiger partial charge in [-0.1, -0.05) is 0 Å². The zero-order valence-corrected chi connectivity index (χ0v) is 13.0. The number of hydrogen-bond donors (Lipinski definition) is 1. The van der Waals surface area contributed by atoms with E-state index >= 15 is 0 Å². The molecule has 102 valence electrons. The molecule has 1 saturated carbocycles. The molecule has 2 aromatic heterocycles. The van der Waals surface area contributed by atoms with Crippen molar-refractivity contribution in [3.63, 3.8) is 0 Å². The van der Waals surface area contributed by atoms with Crippen molar-refractivity contribution in [2.75, 3.05) is 5.73 Å². The Kier molecular flexibility index (Phi) is 4.24. The summed E-state index contributed by atoms with van der Waals surface area (Å²) in [7, 11) is 0. The van der Waals surface area contributed by atoms with Crippen LogP contribution in [0, 0.1) is 3.70 Å². The van der Waals surface area contributed by atoms with Gasteiger partial charge in [-0.2, -0.15) is 5.10 Å². The SMILES string of the molecule is Cl.Nc1ncnc2c1c(I)nn2C1CCC(=O)CC1. The average molecular weight is 394 g/mol. The largest absolute Gasteiger partial charge is 0.383 e. The van der Waals surface area contributed by atoms with E-state index in [4.69, 9.17) is 5.73 Å². The van der Waals surface area contributed by atoms with E-state index < -0.39 is 0 Å². The number of halogens is 2. The monoisotopic (exact) mass is 393 g/mol. The second kappa shape index (κ2) is 5.58. The van der Waals surface area contributed by atoms with Crippen LogP contribution in [-0.4, -0.2) is 25.5 Å². The van der Waals surface area contributed by atoms with Gasteiger partial charge in [-0.25, -0.2) is 14.6 Å². The smallest absolute Gasteiger partial charge is 0.164 e. The zero-order valence-electron chi connectivity index (χ0n) is 10.0. The van der Waals surface area contributed by atoms with Gasteiger partial charge in [0.15, 0.2) is 5.65 Å². The maximum Gasteiger partial charge on any atom is 0.164 e. The molecular weight excluding hydrogens is 381 g/mol. The van der Waals surface area contributed by atoms with Crippen LogP contribution in [0.4, 0.5) is 5.82 Å². The number of ketones is 1. The summed E-state index contributed by atoms with van der Waals surface area (Å²) in [4.78, 5) is 19.6. The number of nitrogens with two attached hydrogens (primary N) is 1. The quantitative estimate of drug-likeness (QED) is 0.750. The van der Waals surface area contributed by atoms with E-state index in [0.29, 0.717) is 24.4 Å². The minimum Gasteiger partial charge on any atom is -0.383 e. The highest BCUT2D eigenvalue weighted by Gasteiger charge is 2.24. The molecule has 1 fully saturated rings. The normalized spacial score (nSPS) is 16.6. The van der Waals surface area contributed by atoms with Gasteiger partial charge in [-0.3, -0.25) is 4.79 Å². The molecular formula is C11H13ClIN5O. The van der Waals surface area contributed by atoms with E-state index in [1.165, 1.54) is 6.33 Å². The Balaban J connectivity index is 0.00000133. The Bertz CT molecular complexity index is 619. The molecule has 19 heavy (non-hydrogen) atoms. The number of fused-ring (bicyclic) bond motifs is 1. The molecule has 6 nitrogen and oxygen atoms in total. The van der Waals surface area contributed by atoms with Crippen LogP contribution in [0.15, 0.2) is 6.33 Å². The molecule has 2 aromatic rings. The predicted octanol–water partition coefficient (Wildman–Crippen LogP) is 2.12. The molecule has 2 heterocycles. The van der Waals surface area contributed by atoms with Crippen LogP contribution in [0.1, 0.15) is 31.7 Å². The molecule has 0 spiro atoms. The van der Waals surface area contributed by atoms with Crippen LogP contribution in [0.5, 0.6) is 0 Å². The Morgan fingerprint density at radius 1 is 1.32 bits per heavy atom. The maximum atomic E-state index is 11.3. The minimum atomic E-state index is 0. The summed E-state index contributed by atoms with van der Waals surface area (Å²) in [5, 5.41) is 5.32. The summed E-state index contributed by atoms with van der Waals surface area (Å²) in [6.45, 7) is 0. The number of hydrogen-bond acceptors (Lipinski definition) is 5. The first kappa shape index (κ1) is 14.4. The average Bonchev–Trinajstić information content (AvgIpc) is 2.69. The maximum absolute atomic E-state index is 11.3. The van der Waals surface area contributed by atoms with Crippen LogP contribution in [0.25, 0.3) is 11.0 Å². The van der Waals surface area contributed by atoms with Crippen LogP contribution >= 0.6 is 35.0 Å². The van der Waals surface area contributed by atoms with Crippen molar-refractivity contribution in [2.24, 2.45) is 0 Å². The van der Waals surface area contributed by atoms with Gasteiger partial charge in [0.05, 0.1) is 11.4 Å². The summed E-state index contributed by atoms with van der Waals surface area (Å²) in [5.41, 5.74) is 6.63. The third kappa shape index (κ3) is 2.53. The molecule has 0 saturated heterocycles. The van der Waals surface area contributed by atoms with Crippen molar-refractivity contribution in [3.05, 3.63) is 10.0 Å². The number of nitrogens with zero attached hydrogens (tertiary/aromatic N) is 4. The highest BCUT2D eigenvalue weighted by Crippen LogP contribution is 2.31. The summed E-state index contributed by atoms with van der Waals surface area (Å²) in [5.74, 6) is 0.800. The van der Waals surface area contributed by atoms with Crippen LogP contribution in [0.2, 0.25) is 0 Å². The lowest BCUT2D eigenvalue weighted by Crippen LogP contribution is -2.19. The fourth-order valence-electron chi connectivity index (χ4n) is 2.38. The molecule has 0 aromatic carbocycles. The fourth-order valence-corrected chi connectivity index (χ4v) is 3.13. The lowest BCUT2D eigenvalue weighted by molar-refractivity contribution is -0.120. The van der Waals surface area contributed by atoms with Gasteiger partial charge in [-0.15, -0.1) is 12.4 Å². The van der Waals surface area contributed by atoms with Gasteiger partial charge in [-0.05, 0) is 35.4 Å². The Labute approximate surface area is 129 Å². The van der Waals surface area contributed by atoms with Gasteiger partial charge in [0, 0.05) is 12.8 Å². The first-order chi connectivity index (χ1) is 8.66. The number of nitrogen functional groups attached to an aromatic ring is 1. The van der Waals surface area contributed by atoms with Crippen molar-refractivity contribution in [2.45, 2.75) is 31.7 Å². The number of aromatic nitrogens is 4. The lowest BCUT2D eigenvalue weighted by Gasteiger charge is -2.21. The summed E-state index contributed by atoms with van der Waals surface area (Å²) < 4.78 is 2.72. The molecule has 3 rings (SSSR count). The third-order valence-corrected chi connectivity index (χ3v) is 4.09. The van der Waals surface area contributed by atoms with Crippen molar-refractivity contribution in [1.29, 1.82) is 0 Å². The first-order valence-corrected chi connectivity index (χ1v) is 6.90. The predicted molar refractivity (Wildman–Crippen MR) is 82.2 cm³/mol. The van der Waals surface area contributed by atoms with Gasteiger partial charge in [0.1, 0.15) is 21.6 Å². The van der Waals surface area contributed by atoms with Gasteiger partial charge < -0.3 is 5.73 Å². The van der Waals surface area contributed by atoms with Crippen molar-refractivity contribution >= 4 is 57.6 Å². The molecule has 0 amide bonds. The van der Waals surface area contributed by atoms with Crippen molar-refractivity contribution in [3.8, 4) is 0 Å². The number of carbonyl (C=O) groups is 1. The molecule has 1 aliphatic rings. The van der Waals surface area contributed by atoms with E-state index in [1.54, 1.807) is 0 Å². The molecule has 2 N–H and O–H groups in total. The van der Waals surface area contributed by atoms with Gasteiger partial charge in [0.2, 0.25) is 0 Å². The van der Waals surface area contributed by atoms with Crippen molar-refractivity contribution < 1.29 is 4.79 Å². The molecule has 0 unspecified atom stereocenters. The van der Waals surface area contributed by atoms with E-state index in [9.17, 15) is 4.79 Å². The second-order valence-corrected chi connectivity index (χ2v) is 5.48. The van der Waals surface area contributed by atoms with Crippen LogP contribution in [-0.2, 0) is 4.79 Å². The van der Waals surface area contributed by atoms with E-state index in [-0.39, 0.29) is 18.4 Å². The topological polar surface area (TPSA) is 86.7 Å². The summed E-state index contributed by atoms with van der Waals surface area (Å²) >= 11 is 2.15. The molecule has 0 aliphatic heterocycles. The molecule has 0 atom stereocenters. The van der Waals surface area contributed by atoms with E-state index in [0.717, 1.165) is 27.6 Å². The number of rotatable bonds is 1. The standard InChI is InChI=1S/C11H12IN5O.ClH/c12-9-8-10(13)14-5-15-11(8)17(16-9)6-1-3-7(18)4-2-6;/h5-6H,1-4H2,(H2,13,14,15);1H.